The molecule has 4 N–H and O–H groups in total. The number of hydrogen-bond acceptors (Lipinski definition) is 6. The van der Waals surface area contributed by atoms with E-state index in [9.17, 15) is 9.59 Å². The molecule has 2 amide bonds. The second kappa shape index (κ2) is 12.3. The Labute approximate surface area is 194 Å². The van der Waals surface area contributed by atoms with E-state index in [0.717, 1.165) is 51.6 Å². The predicted molar refractivity (Wildman–Crippen MR) is 128 cm³/mol. The third kappa shape index (κ3) is 7.40. The molecule has 6 unspecified atom stereocenters. The number of carbonyl (C=O) groups is 2. The first-order valence-electron chi connectivity index (χ1n) is 12.9. The third-order valence-corrected chi connectivity index (χ3v) is 7.46. The van der Waals surface area contributed by atoms with E-state index < -0.39 is 0 Å². The molecular weight excluding hydrogens is 404 g/mol. The second-order valence-electron chi connectivity index (χ2n) is 10.4. The van der Waals surface area contributed by atoms with Crippen LogP contribution in [0.2, 0.25) is 0 Å². The molecule has 0 radical (unpaired) electrons. The molecule has 0 bridgehead atoms. The van der Waals surface area contributed by atoms with Crippen molar-refractivity contribution < 1.29 is 9.59 Å². The van der Waals surface area contributed by atoms with Crippen LogP contribution in [0.4, 0.5) is 0 Å². The molecule has 0 aromatic rings. The van der Waals surface area contributed by atoms with Crippen molar-refractivity contribution >= 4 is 11.8 Å². The van der Waals surface area contributed by atoms with Gasteiger partial charge >= 0.3 is 0 Å². The van der Waals surface area contributed by atoms with Crippen molar-refractivity contribution in [2.24, 2.45) is 0 Å². The molecule has 8 heteroatoms. The minimum atomic E-state index is 0.0161. The van der Waals surface area contributed by atoms with Crippen molar-refractivity contribution in [2.75, 3.05) is 13.1 Å². The van der Waals surface area contributed by atoms with Crippen LogP contribution in [0.3, 0.4) is 0 Å². The van der Waals surface area contributed by atoms with Gasteiger partial charge < -0.3 is 10.6 Å². The van der Waals surface area contributed by atoms with Gasteiger partial charge in [-0.2, -0.15) is 0 Å². The summed E-state index contributed by atoms with van der Waals surface area (Å²) in [4.78, 5) is 24.0. The fraction of sp³-hybridized carbons (Fsp3) is 0.917. The molecule has 8 nitrogen and oxygen atoms in total. The van der Waals surface area contributed by atoms with Crippen molar-refractivity contribution in [3.63, 3.8) is 0 Å². The molecule has 0 aromatic carbocycles. The summed E-state index contributed by atoms with van der Waals surface area (Å²) in [5, 5.41) is 12.2. The summed E-state index contributed by atoms with van der Waals surface area (Å²) in [6.45, 7) is 9.43. The second-order valence-corrected chi connectivity index (χ2v) is 10.4. The molecule has 184 valence electrons. The summed E-state index contributed by atoms with van der Waals surface area (Å²) in [5.74, 6) is 0.0322. The number of nitrogens with zero attached hydrogens (tertiary/aromatic N) is 2. The largest absolute Gasteiger partial charge is 0.310 e. The first kappa shape index (κ1) is 25.4. The van der Waals surface area contributed by atoms with Crippen molar-refractivity contribution in [2.45, 2.75) is 128 Å². The summed E-state index contributed by atoms with van der Waals surface area (Å²) >= 11 is 0. The smallest absolute Gasteiger partial charge is 0.231 e. The van der Waals surface area contributed by atoms with Crippen molar-refractivity contribution in [3.05, 3.63) is 0 Å². The van der Waals surface area contributed by atoms with Crippen molar-refractivity contribution in [3.8, 4) is 0 Å². The van der Waals surface area contributed by atoms with E-state index in [4.69, 9.17) is 0 Å². The Kier molecular flexibility index (Phi) is 9.77. The molecule has 1 heterocycles. The molecule has 1 saturated heterocycles. The number of fused-ring (bicyclic) bond motifs is 2. The summed E-state index contributed by atoms with van der Waals surface area (Å²) in [6, 6.07) is 2.06. The van der Waals surface area contributed by atoms with Gasteiger partial charge in [0.05, 0.1) is 0 Å². The lowest BCUT2D eigenvalue weighted by atomic mass is 9.88. The van der Waals surface area contributed by atoms with E-state index in [0.29, 0.717) is 36.3 Å². The number of rotatable bonds is 2. The zero-order chi connectivity index (χ0) is 23.1. The predicted octanol–water partition coefficient (Wildman–Crippen LogP) is 2.07. The van der Waals surface area contributed by atoms with Crippen LogP contribution in [0.25, 0.3) is 0 Å². The molecular formula is C24H46N6O2. The number of amides is 2. The van der Waals surface area contributed by atoms with E-state index in [1.54, 1.807) is 13.8 Å². The minimum absolute atomic E-state index is 0.0161. The highest BCUT2D eigenvalue weighted by Gasteiger charge is 2.35. The summed E-state index contributed by atoms with van der Waals surface area (Å²) in [5.41, 5.74) is 6.30. The quantitative estimate of drug-likeness (QED) is 0.515. The Hall–Kier alpha value is -1.22. The Morgan fingerprint density at radius 3 is 1.41 bits per heavy atom. The van der Waals surface area contributed by atoms with E-state index >= 15 is 0 Å². The zero-order valence-electron chi connectivity index (χ0n) is 20.7. The minimum Gasteiger partial charge on any atom is -0.310 e. The third-order valence-electron chi connectivity index (χ3n) is 7.46. The molecule has 3 aliphatic rings. The Morgan fingerprint density at radius 2 is 1.03 bits per heavy atom. The van der Waals surface area contributed by atoms with E-state index in [1.807, 2.05) is 0 Å². The molecule has 0 spiro atoms. The fourth-order valence-corrected chi connectivity index (χ4v) is 5.93. The normalized spacial score (nSPS) is 36.2. The molecule has 1 aliphatic heterocycles. The number of hydrazine groups is 2. The molecule has 2 aliphatic carbocycles. The van der Waals surface area contributed by atoms with Gasteiger partial charge in [0.25, 0.3) is 0 Å². The summed E-state index contributed by atoms with van der Waals surface area (Å²) < 4.78 is 0. The van der Waals surface area contributed by atoms with E-state index in [1.165, 1.54) is 25.7 Å². The van der Waals surface area contributed by atoms with Crippen LogP contribution in [0.15, 0.2) is 0 Å². The standard InChI is InChI=1S/C24H46N6O2/c1-17-13-15-29(27-19(3)31)24-12-8-6-10-22(24)26-18(2)14-16-30(28-20(4)32)23-11-7-5-9-21(23)25-17/h17-18,21-26H,5-16H2,1-4H3,(H,27,31)(H,28,32). The lowest BCUT2D eigenvalue weighted by Gasteiger charge is -2.44. The van der Waals surface area contributed by atoms with E-state index in [-0.39, 0.29) is 11.8 Å². The number of nitrogens with one attached hydrogen (secondary N) is 4. The topological polar surface area (TPSA) is 88.7 Å². The van der Waals surface area contributed by atoms with Gasteiger partial charge in [0.1, 0.15) is 0 Å². The monoisotopic (exact) mass is 450 g/mol. The van der Waals surface area contributed by atoms with Crippen LogP contribution in [-0.2, 0) is 9.59 Å². The van der Waals surface area contributed by atoms with Crippen molar-refractivity contribution in [1.29, 1.82) is 0 Å². The molecule has 3 rings (SSSR count). The Balaban J connectivity index is 1.80. The Bertz CT molecular complexity index is 565. The molecule has 32 heavy (non-hydrogen) atoms. The highest BCUT2D eigenvalue weighted by molar-refractivity contribution is 5.72. The number of hydrogen-bond donors (Lipinski definition) is 4. The van der Waals surface area contributed by atoms with Crippen LogP contribution in [-0.4, -0.2) is 71.2 Å². The van der Waals surface area contributed by atoms with Crippen LogP contribution in [0, 0.1) is 0 Å². The van der Waals surface area contributed by atoms with Gasteiger partial charge in [0, 0.05) is 63.2 Å². The van der Waals surface area contributed by atoms with Gasteiger partial charge in [-0.3, -0.25) is 20.4 Å². The fourth-order valence-electron chi connectivity index (χ4n) is 5.93. The van der Waals surface area contributed by atoms with E-state index in [2.05, 4.69) is 45.4 Å². The molecule has 6 atom stereocenters. The first-order chi connectivity index (χ1) is 15.3. The van der Waals surface area contributed by atoms with Gasteiger partial charge in [0.15, 0.2) is 0 Å². The van der Waals surface area contributed by atoms with Gasteiger partial charge in [-0.25, -0.2) is 10.0 Å². The number of carbonyl (C=O) groups excluding carboxylic acids is 2. The maximum absolute atomic E-state index is 12.0. The maximum atomic E-state index is 12.0. The lowest BCUT2D eigenvalue weighted by Crippen LogP contribution is -2.62. The highest BCUT2D eigenvalue weighted by atomic mass is 16.2. The Morgan fingerprint density at radius 1 is 0.656 bits per heavy atom. The molecule has 2 saturated carbocycles. The van der Waals surface area contributed by atoms with Crippen LogP contribution >= 0.6 is 0 Å². The summed E-state index contributed by atoms with van der Waals surface area (Å²) in [7, 11) is 0. The highest BCUT2D eigenvalue weighted by Crippen LogP contribution is 2.26. The molecule has 3 fully saturated rings. The lowest BCUT2D eigenvalue weighted by molar-refractivity contribution is -0.127. The SMILES string of the molecule is CC(=O)NN1CCC(C)NC2CCCCC2N(NC(C)=O)CCC(C)NC2CCCCC21. The summed E-state index contributed by atoms with van der Waals surface area (Å²) in [6.07, 6.45) is 11.3. The zero-order valence-corrected chi connectivity index (χ0v) is 20.7. The van der Waals surface area contributed by atoms with Gasteiger partial charge in [-0.1, -0.05) is 25.7 Å². The molecule has 0 aromatic heterocycles. The van der Waals surface area contributed by atoms with Crippen LogP contribution < -0.4 is 21.5 Å². The average Bonchev–Trinajstić information content (AvgIpc) is 2.74. The van der Waals surface area contributed by atoms with Gasteiger partial charge in [-0.05, 0) is 52.4 Å². The van der Waals surface area contributed by atoms with Crippen LogP contribution in [0.1, 0.15) is 91.9 Å². The maximum Gasteiger partial charge on any atom is 0.231 e. The van der Waals surface area contributed by atoms with Crippen molar-refractivity contribution in [1.82, 2.24) is 31.5 Å². The average molecular weight is 451 g/mol. The first-order valence-corrected chi connectivity index (χ1v) is 12.9. The van der Waals surface area contributed by atoms with Crippen LogP contribution in [0.5, 0.6) is 0 Å². The van der Waals surface area contributed by atoms with Gasteiger partial charge in [0.2, 0.25) is 11.8 Å². The van der Waals surface area contributed by atoms with Gasteiger partial charge in [-0.15, -0.1) is 0 Å².